The van der Waals surface area contributed by atoms with E-state index in [4.69, 9.17) is 18.3 Å². The molecule has 14 aromatic rings. The smallest absolute Gasteiger partial charge is 0.356 e. The van der Waals surface area contributed by atoms with Gasteiger partial charge in [0.1, 0.15) is 28.7 Å². The molecule has 14 rings (SSSR count). The molecule has 0 spiro atoms. The third-order valence-electron chi connectivity index (χ3n) is 15.4. The summed E-state index contributed by atoms with van der Waals surface area (Å²) in [6.07, 6.45) is 12.2. The molecule has 0 aliphatic heterocycles. The zero-order valence-corrected chi connectivity index (χ0v) is 55.8. The number of aromatic carboxylic acids is 1. The summed E-state index contributed by atoms with van der Waals surface area (Å²) in [5, 5.41) is 23.2. The highest BCUT2D eigenvalue weighted by atomic mass is 127. The van der Waals surface area contributed by atoms with Crippen LogP contribution in [0.15, 0.2) is 211 Å². The van der Waals surface area contributed by atoms with Crippen molar-refractivity contribution in [2.24, 2.45) is 0 Å². The van der Waals surface area contributed by atoms with Crippen molar-refractivity contribution in [3.63, 3.8) is 0 Å². The predicted molar refractivity (Wildman–Crippen MR) is 359 cm³/mol. The molecule has 95 heavy (non-hydrogen) atoms. The fourth-order valence-electron chi connectivity index (χ4n) is 11.0. The Morgan fingerprint density at radius 1 is 0.442 bits per heavy atom. The van der Waals surface area contributed by atoms with Gasteiger partial charge in [0.05, 0.1) is 38.9 Å². The molecule has 0 saturated heterocycles. The van der Waals surface area contributed by atoms with Crippen LogP contribution in [0.1, 0.15) is 55.3 Å². The maximum absolute atomic E-state index is 13.5. The Bertz CT molecular complexity index is 5630. The quantitative estimate of drug-likeness (QED) is 0.0827. The fourth-order valence-corrected chi connectivity index (χ4v) is 15.9. The minimum absolute atomic E-state index is 0.103. The second kappa shape index (κ2) is 25.6. The number of carbonyl (C=O) groups excluding carboxylic acids is 1. The monoisotopic (exact) mass is 1440 g/mol. The number of esters is 1. The van der Waals surface area contributed by atoms with Crippen LogP contribution in [0.3, 0.4) is 0 Å². The molecule has 0 amide bonds. The van der Waals surface area contributed by atoms with E-state index in [9.17, 15) is 39.9 Å². The van der Waals surface area contributed by atoms with Crippen LogP contribution in [-0.4, -0.2) is 102 Å². The van der Waals surface area contributed by atoms with E-state index in [2.05, 4.69) is 63.0 Å². The van der Waals surface area contributed by atoms with Crippen molar-refractivity contribution >= 4 is 97.7 Å². The van der Waals surface area contributed by atoms with Gasteiger partial charge in [-0.3, -0.25) is 0 Å². The van der Waals surface area contributed by atoms with Gasteiger partial charge >= 0.3 is 11.9 Å². The molecule has 0 unspecified atom stereocenters. The van der Waals surface area contributed by atoms with Gasteiger partial charge in [0, 0.05) is 114 Å². The number of halogens is 1. The van der Waals surface area contributed by atoms with Crippen LogP contribution in [0.2, 0.25) is 0 Å². The second-order valence-corrected chi connectivity index (χ2v) is 28.1. The van der Waals surface area contributed by atoms with Crippen molar-refractivity contribution in [3.8, 4) is 55.6 Å². The van der Waals surface area contributed by atoms with E-state index in [1.54, 1.807) is 124 Å². The van der Waals surface area contributed by atoms with E-state index >= 15 is 0 Å². The first-order valence-electron chi connectivity index (χ1n) is 28.6. The first-order chi connectivity index (χ1) is 45.5. The number of ether oxygens (including phenoxy) is 1. The molecule has 0 radical (unpaired) electrons. The molecule has 0 fully saturated rings. The number of carboxylic acid groups (broad SMARTS) is 1. The molecule has 0 bridgehead atoms. The number of pyridine rings is 5. The molecule has 0 saturated carbocycles. The number of hydrogen-bond acceptors (Lipinski definition) is 20. The molecule has 11 aromatic heterocycles. The molecule has 1 N–H and O–H groups in total. The highest BCUT2D eigenvalue weighted by Gasteiger charge is 2.28. The van der Waals surface area contributed by atoms with E-state index in [1.165, 1.54) is 66.2 Å². The van der Waals surface area contributed by atoms with Crippen molar-refractivity contribution < 1.29 is 58.3 Å². The van der Waals surface area contributed by atoms with Gasteiger partial charge in [-0.1, -0.05) is 70.1 Å². The topological polar surface area (TPSA) is 323 Å². The molecule has 0 aliphatic rings. The Labute approximate surface area is 555 Å². The number of fused-ring (bicyclic) bond motifs is 3. The molecule has 24 nitrogen and oxygen atoms in total. The lowest BCUT2D eigenvalue weighted by Gasteiger charge is -2.07. The highest BCUT2D eigenvalue weighted by molar-refractivity contribution is 14.1. The van der Waals surface area contributed by atoms with E-state index in [1.807, 2.05) is 45.9 Å². The number of nitrogens with zero attached hydrogens (tertiary/aromatic N) is 11. The Balaban J connectivity index is 0.000000138. The highest BCUT2D eigenvalue weighted by Crippen LogP contribution is 2.39. The number of hydrogen-bond donors (Lipinski definition) is 1. The third-order valence-corrected chi connectivity index (χ3v) is 21.3. The molecule has 11 heterocycles. The number of aryl methyl sites for hydroxylation is 6. The van der Waals surface area contributed by atoms with Crippen LogP contribution in [0.5, 0.6) is 0 Å². The number of methoxy groups -OCH3 is 1. The van der Waals surface area contributed by atoms with Gasteiger partial charge in [-0.05, 0) is 154 Å². The van der Waals surface area contributed by atoms with E-state index in [-0.39, 0.29) is 37.4 Å². The first-order valence-corrected chi connectivity index (χ1v) is 34.0. The number of carbonyl (C=O) groups is 2. The van der Waals surface area contributed by atoms with Crippen LogP contribution in [0.4, 0.5) is 0 Å². The van der Waals surface area contributed by atoms with Gasteiger partial charge in [-0.15, -0.1) is 0 Å². The molecular formula is C67H52IN11O13S3. The number of carboxylic acids is 1. The summed E-state index contributed by atoms with van der Waals surface area (Å²) in [6, 6.07) is 36.4. The van der Waals surface area contributed by atoms with Gasteiger partial charge in [-0.2, -0.15) is 0 Å². The summed E-state index contributed by atoms with van der Waals surface area (Å²) in [6.45, 7) is 10.9. The van der Waals surface area contributed by atoms with Gasteiger partial charge in [-0.25, -0.2) is 71.7 Å². The Morgan fingerprint density at radius 2 is 0.779 bits per heavy atom. The van der Waals surface area contributed by atoms with Crippen LogP contribution in [-0.2, 0) is 34.8 Å². The minimum Gasteiger partial charge on any atom is -0.477 e. The summed E-state index contributed by atoms with van der Waals surface area (Å²) < 4.78 is 105. The average molecular weight is 1440 g/mol. The molecule has 478 valence electrons. The molecule has 0 atom stereocenters. The third kappa shape index (κ3) is 12.1. The van der Waals surface area contributed by atoms with Crippen LogP contribution < -0.4 is 0 Å². The zero-order chi connectivity index (χ0) is 67.3. The van der Waals surface area contributed by atoms with Crippen LogP contribution in [0.25, 0.3) is 88.7 Å². The average Bonchev–Trinajstić information content (AvgIpc) is 1.62. The molecule has 3 aromatic carbocycles. The summed E-state index contributed by atoms with van der Waals surface area (Å²) in [7, 11) is -10.4. The van der Waals surface area contributed by atoms with Crippen molar-refractivity contribution in [2.75, 3.05) is 7.11 Å². The van der Waals surface area contributed by atoms with Crippen molar-refractivity contribution in [2.45, 2.75) is 56.2 Å². The Kier molecular flexibility index (Phi) is 17.3. The fraction of sp³-hybridized carbons (Fsp3) is 0.104. The number of benzene rings is 3. The zero-order valence-electron chi connectivity index (χ0n) is 51.2. The predicted octanol–water partition coefficient (Wildman–Crippen LogP) is 12.8. The molecular weight excluding hydrogens is 1390 g/mol. The summed E-state index contributed by atoms with van der Waals surface area (Å²) >= 11 is 2.13. The largest absolute Gasteiger partial charge is 0.477 e. The SMILES string of the molecule is COC(=O)c1cc(-c2cn(S(=O)(=O)c3ccccc3)c3ncc(-c4c(C)noc4C)cc23)ccn1.Cc1noc(C)c1-c1cnc2c(c1)c(-c1ccnc(C(=O)O)c1)cn2S(=O)(=O)c1ccccc1.Cc1noc(C)c1-c1cnc2c(c1)c(I)cn2S(=O)(=O)c1ccccc1. The van der Waals surface area contributed by atoms with Crippen molar-refractivity contribution in [1.82, 2.24) is 52.3 Å². The Hall–Kier alpha value is -10.8. The summed E-state index contributed by atoms with van der Waals surface area (Å²) in [5.74, 6) is 0.154. The first kappa shape index (κ1) is 64.3. The Morgan fingerprint density at radius 3 is 1.13 bits per heavy atom. The molecule has 28 heteroatoms. The number of rotatable bonds is 13. The van der Waals surface area contributed by atoms with Crippen molar-refractivity contribution in [1.29, 1.82) is 0 Å². The van der Waals surface area contributed by atoms with E-state index in [0.717, 1.165) is 50.4 Å². The summed E-state index contributed by atoms with van der Waals surface area (Å²) in [5.41, 5.74) is 9.81. The van der Waals surface area contributed by atoms with E-state index < -0.39 is 42.0 Å². The van der Waals surface area contributed by atoms with E-state index in [0.29, 0.717) is 72.9 Å². The van der Waals surface area contributed by atoms with Crippen LogP contribution >= 0.6 is 22.6 Å². The lowest BCUT2D eigenvalue weighted by atomic mass is 10.0. The lowest BCUT2D eigenvalue weighted by Crippen LogP contribution is -2.12. The minimum atomic E-state index is -3.97. The summed E-state index contributed by atoms with van der Waals surface area (Å²) in [4.78, 5) is 45.4. The second-order valence-electron chi connectivity index (χ2n) is 21.4. The number of aromatic nitrogens is 11. The van der Waals surface area contributed by atoms with Gasteiger partial charge in [0.15, 0.2) is 16.9 Å². The standard InChI is InChI=1S/C25H20N4O5S.C24H18N4O5S.C18H14IN3O3S/c1-15-23(16(2)34-28-15)18-11-20-21(17-9-10-26-22(12-17)25(30)33-3)14-29(24(20)27-13-18)35(31,32)19-7-5-4-6-8-19;1-14-22(15(2)33-27-14)17-10-19-20(16-8-9-25-21(11-16)24(29)30)13-28(23(19)26-12-17)34(31,32)18-6-4-3-5-7-18;1-11-17(12(2)25-21-11)13-8-15-16(19)10-22(18(15)20-9-13)26(23,24)14-6-4-3-5-7-14/h4-14H,1-3H3;3-13H,1-2H3,(H,29,30);3-10H,1-2H3. The maximum Gasteiger partial charge on any atom is 0.356 e. The maximum atomic E-state index is 13.5. The van der Waals surface area contributed by atoms with Gasteiger partial charge in [0.2, 0.25) is 0 Å². The van der Waals surface area contributed by atoms with Gasteiger partial charge < -0.3 is 23.4 Å². The van der Waals surface area contributed by atoms with Crippen LogP contribution in [0, 0.1) is 45.1 Å². The molecule has 0 aliphatic carbocycles. The lowest BCUT2D eigenvalue weighted by molar-refractivity contribution is 0.0593. The normalized spacial score (nSPS) is 11.7. The van der Waals surface area contributed by atoms with Gasteiger partial charge in [0.25, 0.3) is 30.1 Å². The van der Waals surface area contributed by atoms with Crippen molar-refractivity contribution in [3.05, 3.63) is 232 Å².